The van der Waals surface area contributed by atoms with Crippen LogP contribution in [-0.2, 0) is 6.54 Å². The quantitative estimate of drug-likeness (QED) is 0.902. The number of hydrogen-bond donors (Lipinski definition) is 1. The smallest absolute Gasteiger partial charge is 0.335 e. The van der Waals surface area contributed by atoms with Crippen LogP contribution < -0.4 is 0 Å². The van der Waals surface area contributed by atoms with Gasteiger partial charge in [-0.25, -0.2) is 9.78 Å². The highest BCUT2D eigenvalue weighted by atomic mass is 16.4. The molecule has 0 unspecified atom stereocenters. The molecule has 0 spiro atoms. The number of rotatable bonds is 3. The van der Waals surface area contributed by atoms with Gasteiger partial charge in [-0.3, -0.25) is 0 Å². The number of aryl methyl sites for hydroxylation is 1. The standard InChI is InChI=1S/C14H16N2O2/c1-2-16-12-7-6-10(14(17)18)8-11(12)15-13(16)9-4-3-5-9/h6-9H,2-5H2,1H3,(H,17,18). The molecule has 0 bridgehead atoms. The van der Waals surface area contributed by atoms with Gasteiger partial charge in [0.1, 0.15) is 5.82 Å². The molecule has 3 rings (SSSR count). The van der Waals surface area contributed by atoms with Gasteiger partial charge < -0.3 is 9.67 Å². The van der Waals surface area contributed by atoms with Crippen LogP contribution in [0.5, 0.6) is 0 Å². The summed E-state index contributed by atoms with van der Waals surface area (Å²) in [7, 11) is 0. The Kier molecular flexibility index (Phi) is 2.58. The van der Waals surface area contributed by atoms with E-state index in [4.69, 9.17) is 5.11 Å². The Bertz CT molecular complexity index is 612. The molecule has 0 aliphatic heterocycles. The van der Waals surface area contributed by atoms with Crippen molar-refractivity contribution in [2.75, 3.05) is 0 Å². The zero-order valence-electron chi connectivity index (χ0n) is 10.4. The molecule has 1 aromatic carbocycles. The first kappa shape index (κ1) is 11.3. The van der Waals surface area contributed by atoms with Gasteiger partial charge in [-0.2, -0.15) is 0 Å². The monoisotopic (exact) mass is 244 g/mol. The van der Waals surface area contributed by atoms with Crippen molar-refractivity contribution in [1.82, 2.24) is 9.55 Å². The fourth-order valence-electron chi connectivity index (χ4n) is 2.59. The van der Waals surface area contributed by atoms with E-state index in [1.54, 1.807) is 12.1 Å². The molecule has 1 heterocycles. The summed E-state index contributed by atoms with van der Waals surface area (Å²) < 4.78 is 2.21. The molecule has 1 fully saturated rings. The maximum atomic E-state index is 11.0. The van der Waals surface area contributed by atoms with Gasteiger partial charge in [-0.1, -0.05) is 6.42 Å². The number of nitrogens with zero attached hydrogens (tertiary/aromatic N) is 2. The fraction of sp³-hybridized carbons (Fsp3) is 0.429. The SMILES string of the molecule is CCn1c(C2CCC2)nc2cc(C(=O)O)ccc21. The average molecular weight is 244 g/mol. The van der Waals surface area contributed by atoms with Crippen LogP contribution in [-0.4, -0.2) is 20.6 Å². The first-order valence-corrected chi connectivity index (χ1v) is 6.44. The number of benzene rings is 1. The van der Waals surface area contributed by atoms with Crippen molar-refractivity contribution in [1.29, 1.82) is 0 Å². The molecule has 1 aromatic heterocycles. The fourth-order valence-corrected chi connectivity index (χ4v) is 2.59. The third kappa shape index (κ3) is 1.60. The van der Waals surface area contributed by atoms with Crippen molar-refractivity contribution in [3.05, 3.63) is 29.6 Å². The molecule has 1 aliphatic rings. The molecule has 0 radical (unpaired) electrons. The van der Waals surface area contributed by atoms with Gasteiger partial charge in [-0.15, -0.1) is 0 Å². The van der Waals surface area contributed by atoms with Crippen molar-refractivity contribution in [3.8, 4) is 0 Å². The van der Waals surface area contributed by atoms with Crippen molar-refractivity contribution in [2.45, 2.75) is 38.6 Å². The Morgan fingerprint density at radius 1 is 1.50 bits per heavy atom. The Labute approximate surface area is 105 Å². The molecule has 1 N–H and O–H groups in total. The molecule has 2 aromatic rings. The highest BCUT2D eigenvalue weighted by Crippen LogP contribution is 2.37. The van der Waals surface area contributed by atoms with Gasteiger partial charge in [0, 0.05) is 12.5 Å². The molecule has 18 heavy (non-hydrogen) atoms. The number of carboxylic acids is 1. The molecule has 4 nitrogen and oxygen atoms in total. The van der Waals surface area contributed by atoms with Crippen LogP contribution in [0.1, 0.15) is 48.3 Å². The summed E-state index contributed by atoms with van der Waals surface area (Å²) in [6, 6.07) is 5.20. The van der Waals surface area contributed by atoms with Gasteiger partial charge in [0.25, 0.3) is 0 Å². The van der Waals surface area contributed by atoms with Gasteiger partial charge in [0.2, 0.25) is 0 Å². The van der Waals surface area contributed by atoms with Crippen molar-refractivity contribution >= 4 is 17.0 Å². The lowest BCUT2D eigenvalue weighted by Crippen LogP contribution is -2.14. The first-order valence-electron chi connectivity index (χ1n) is 6.44. The molecular weight excluding hydrogens is 228 g/mol. The van der Waals surface area contributed by atoms with E-state index in [2.05, 4.69) is 16.5 Å². The zero-order valence-corrected chi connectivity index (χ0v) is 10.4. The van der Waals surface area contributed by atoms with Crippen LogP contribution in [0.2, 0.25) is 0 Å². The molecule has 0 saturated heterocycles. The second-order valence-electron chi connectivity index (χ2n) is 4.85. The Morgan fingerprint density at radius 3 is 2.83 bits per heavy atom. The summed E-state index contributed by atoms with van der Waals surface area (Å²) in [6.45, 7) is 2.99. The topological polar surface area (TPSA) is 55.1 Å². The van der Waals surface area contributed by atoms with Crippen LogP contribution in [0, 0.1) is 0 Å². The van der Waals surface area contributed by atoms with Crippen LogP contribution in [0.25, 0.3) is 11.0 Å². The van der Waals surface area contributed by atoms with Crippen molar-refractivity contribution in [3.63, 3.8) is 0 Å². The van der Waals surface area contributed by atoms with E-state index in [0.717, 1.165) is 23.4 Å². The Hall–Kier alpha value is -1.84. The minimum absolute atomic E-state index is 0.309. The van der Waals surface area contributed by atoms with E-state index >= 15 is 0 Å². The predicted molar refractivity (Wildman–Crippen MR) is 69.0 cm³/mol. The lowest BCUT2D eigenvalue weighted by molar-refractivity contribution is 0.0697. The predicted octanol–water partition coefficient (Wildman–Crippen LogP) is 3.02. The minimum atomic E-state index is -0.895. The molecule has 4 heteroatoms. The zero-order chi connectivity index (χ0) is 12.7. The van der Waals surface area contributed by atoms with E-state index in [0.29, 0.717) is 11.5 Å². The summed E-state index contributed by atoms with van der Waals surface area (Å²) in [6.07, 6.45) is 3.68. The van der Waals surface area contributed by atoms with E-state index in [9.17, 15) is 4.79 Å². The minimum Gasteiger partial charge on any atom is -0.478 e. The second-order valence-corrected chi connectivity index (χ2v) is 4.85. The van der Waals surface area contributed by atoms with Crippen LogP contribution in [0.4, 0.5) is 0 Å². The van der Waals surface area contributed by atoms with Gasteiger partial charge >= 0.3 is 5.97 Å². The van der Waals surface area contributed by atoms with E-state index in [1.807, 2.05) is 6.07 Å². The second kappa shape index (κ2) is 4.12. The van der Waals surface area contributed by atoms with Gasteiger partial charge in [0.05, 0.1) is 16.6 Å². The first-order chi connectivity index (χ1) is 8.70. The summed E-state index contributed by atoms with van der Waals surface area (Å²) in [5.74, 6) is 0.792. The summed E-state index contributed by atoms with van der Waals surface area (Å²) >= 11 is 0. The van der Waals surface area contributed by atoms with Gasteiger partial charge in [-0.05, 0) is 38.0 Å². The lowest BCUT2D eigenvalue weighted by atomic mass is 9.85. The number of hydrogen-bond acceptors (Lipinski definition) is 2. The van der Waals surface area contributed by atoms with Crippen LogP contribution in [0.15, 0.2) is 18.2 Å². The normalized spacial score (nSPS) is 15.8. The summed E-state index contributed by atoms with van der Waals surface area (Å²) in [5.41, 5.74) is 2.16. The van der Waals surface area contributed by atoms with E-state index in [1.165, 1.54) is 19.3 Å². The average Bonchev–Trinajstić information content (AvgIpc) is 2.63. The number of aromatic nitrogens is 2. The highest BCUT2D eigenvalue weighted by molar-refractivity contribution is 5.92. The molecule has 0 atom stereocenters. The molecule has 1 saturated carbocycles. The maximum absolute atomic E-state index is 11.0. The lowest BCUT2D eigenvalue weighted by Gasteiger charge is -2.25. The molecule has 94 valence electrons. The van der Waals surface area contributed by atoms with Crippen LogP contribution in [0.3, 0.4) is 0 Å². The summed E-state index contributed by atoms with van der Waals surface area (Å²) in [4.78, 5) is 15.6. The molecular formula is C14H16N2O2. The van der Waals surface area contributed by atoms with E-state index < -0.39 is 5.97 Å². The maximum Gasteiger partial charge on any atom is 0.335 e. The number of fused-ring (bicyclic) bond motifs is 1. The molecule has 1 aliphatic carbocycles. The number of carboxylic acid groups (broad SMARTS) is 1. The number of carbonyl (C=O) groups is 1. The van der Waals surface area contributed by atoms with Crippen molar-refractivity contribution in [2.24, 2.45) is 0 Å². The number of imidazole rings is 1. The van der Waals surface area contributed by atoms with Crippen molar-refractivity contribution < 1.29 is 9.90 Å². The summed E-state index contributed by atoms with van der Waals surface area (Å²) in [5, 5.41) is 9.01. The number of aromatic carboxylic acids is 1. The third-order valence-corrected chi connectivity index (χ3v) is 3.81. The Balaban J connectivity index is 2.16. The van der Waals surface area contributed by atoms with E-state index in [-0.39, 0.29) is 0 Å². The Morgan fingerprint density at radius 2 is 2.28 bits per heavy atom. The van der Waals surface area contributed by atoms with Gasteiger partial charge in [0.15, 0.2) is 0 Å². The molecule has 0 amide bonds. The van der Waals surface area contributed by atoms with Crippen LogP contribution >= 0.6 is 0 Å². The highest BCUT2D eigenvalue weighted by Gasteiger charge is 2.25. The third-order valence-electron chi connectivity index (χ3n) is 3.81. The largest absolute Gasteiger partial charge is 0.478 e.